The van der Waals surface area contributed by atoms with E-state index in [1.54, 1.807) is 37.3 Å². The Morgan fingerprint density at radius 2 is 1.77 bits per heavy atom. The fourth-order valence-electron chi connectivity index (χ4n) is 3.42. The molecule has 7 heteroatoms. The number of para-hydroxylation sites is 1. The third kappa shape index (κ3) is 2.04. The average molecular weight is 370 g/mol. The SMILES string of the molecule is Cc1cccc2c(=O)c([N+]3(C)CC(=O)c4ccccc4S3(=O)=O)coc12. The standard InChI is InChI=1S/C19H16NO5S/c1-12-6-5-8-14-18(22)15(11-25-19(12)14)20(2)10-16(21)13-7-3-4-9-17(13)26(20,23)24/h3-9,11H,10H2,1-2H3/q+1. The molecule has 4 rings (SSSR count). The molecule has 0 radical (unpaired) electrons. The first-order valence-electron chi connectivity index (χ1n) is 8.02. The van der Waals surface area contributed by atoms with E-state index in [2.05, 4.69) is 0 Å². The number of hydrogen-bond donors (Lipinski definition) is 0. The van der Waals surface area contributed by atoms with Crippen molar-refractivity contribution in [1.82, 2.24) is 3.89 Å². The summed E-state index contributed by atoms with van der Waals surface area (Å²) < 4.78 is 31.3. The summed E-state index contributed by atoms with van der Waals surface area (Å²) in [6.45, 7) is 1.44. The molecule has 2 aromatic carbocycles. The van der Waals surface area contributed by atoms with Gasteiger partial charge >= 0.3 is 10.0 Å². The van der Waals surface area contributed by atoms with Crippen LogP contribution in [0.15, 0.2) is 62.8 Å². The molecule has 0 amide bonds. The van der Waals surface area contributed by atoms with E-state index in [9.17, 15) is 18.0 Å². The van der Waals surface area contributed by atoms with E-state index in [0.29, 0.717) is 11.0 Å². The van der Waals surface area contributed by atoms with Crippen molar-refractivity contribution in [2.45, 2.75) is 11.8 Å². The van der Waals surface area contributed by atoms with E-state index >= 15 is 0 Å². The average Bonchev–Trinajstić information content (AvgIpc) is 2.61. The van der Waals surface area contributed by atoms with E-state index in [1.807, 2.05) is 0 Å². The zero-order chi connectivity index (χ0) is 18.7. The first-order valence-corrected chi connectivity index (χ1v) is 9.46. The van der Waals surface area contributed by atoms with Crippen molar-refractivity contribution in [1.29, 1.82) is 0 Å². The quantitative estimate of drug-likeness (QED) is 0.615. The fraction of sp³-hybridized carbons (Fsp3) is 0.158. The van der Waals surface area contributed by atoms with Gasteiger partial charge < -0.3 is 4.42 Å². The van der Waals surface area contributed by atoms with Gasteiger partial charge in [-0.2, -0.15) is 12.3 Å². The Kier molecular flexibility index (Phi) is 3.44. The molecule has 0 N–H and O–H groups in total. The lowest BCUT2D eigenvalue weighted by Crippen LogP contribution is -2.58. The van der Waals surface area contributed by atoms with Gasteiger partial charge in [0.1, 0.15) is 10.5 Å². The van der Waals surface area contributed by atoms with Crippen LogP contribution in [0.5, 0.6) is 0 Å². The predicted molar refractivity (Wildman–Crippen MR) is 97.8 cm³/mol. The lowest BCUT2D eigenvalue weighted by atomic mass is 10.1. The normalized spacial score (nSPS) is 21.5. The molecule has 0 aliphatic carbocycles. The number of hydrogen-bond acceptors (Lipinski definition) is 5. The number of Topliss-reactive ketones (excluding diaryl/α,β-unsaturated/α-hetero) is 1. The van der Waals surface area contributed by atoms with Gasteiger partial charge in [-0.15, -0.1) is 0 Å². The molecule has 1 atom stereocenters. The number of benzene rings is 2. The topological polar surface area (TPSA) is 81.4 Å². The minimum Gasteiger partial charge on any atom is -0.458 e. The molecule has 0 saturated carbocycles. The molecule has 132 valence electrons. The molecule has 1 aromatic heterocycles. The number of rotatable bonds is 1. The van der Waals surface area contributed by atoms with E-state index in [-0.39, 0.29) is 28.5 Å². The van der Waals surface area contributed by atoms with Crippen molar-refractivity contribution in [2.75, 3.05) is 13.6 Å². The minimum atomic E-state index is -4.01. The van der Waals surface area contributed by atoms with Gasteiger partial charge in [-0.05, 0) is 30.7 Å². The molecule has 0 saturated heterocycles. The lowest BCUT2D eigenvalue weighted by molar-refractivity contribution is 0.0964. The van der Waals surface area contributed by atoms with Crippen LogP contribution in [0.2, 0.25) is 0 Å². The third-order valence-corrected chi connectivity index (χ3v) is 7.23. The Balaban J connectivity index is 2.05. The number of ketones is 1. The molecule has 1 aliphatic rings. The number of carbonyl (C=O) groups is 1. The summed E-state index contributed by atoms with van der Waals surface area (Å²) in [5.74, 6) is -0.332. The summed E-state index contributed by atoms with van der Waals surface area (Å²) in [7, 11) is -2.65. The highest BCUT2D eigenvalue weighted by Crippen LogP contribution is 2.35. The Hall–Kier alpha value is -2.77. The summed E-state index contributed by atoms with van der Waals surface area (Å²) in [4.78, 5) is 25.6. The molecule has 0 fully saturated rings. The first-order chi connectivity index (χ1) is 12.3. The van der Waals surface area contributed by atoms with Gasteiger partial charge in [0, 0.05) is 5.56 Å². The van der Waals surface area contributed by atoms with Crippen molar-refractivity contribution in [3.05, 3.63) is 70.1 Å². The van der Waals surface area contributed by atoms with Gasteiger partial charge in [0.05, 0.1) is 12.4 Å². The van der Waals surface area contributed by atoms with E-state index in [4.69, 9.17) is 4.42 Å². The third-order valence-electron chi connectivity index (χ3n) is 4.93. The zero-order valence-electron chi connectivity index (χ0n) is 14.2. The summed E-state index contributed by atoms with van der Waals surface area (Å²) in [5, 5.41) is 0.295. The second kappa shape index (κ2) is 5.36. The maximum absolute atomic E-state index is 13.3. The van der Waals surface area contributed by atoms with Gasteiger partial charge in [0.25, 0.3) is 5.43 Å². The number of carbonyl (C=O) groups excluding carboxylic acids is 1. The number of likely N-dealkylation sites (N-methyl/N-ethyl adjacent to an activating group) is 1. The fourth-order valence-corrected chi connectivity index (χ4v) is 5.23. The molecule has 6 nitrogen and oxygen atoms in total. The maximum atomic E-state index is 13.3. The molecule has 0 spiro atoms. The van der Waals surface area contributed by atoms with Crippen molar-refractivity contribution in [2.24, 2.45) is 0 Å². The van der Waals surface area contributed by atoms with E-state index in [0.717, 1.165) is 11.8 Å². The van der Waals surface area contributed by atoms with Crippen LogP contribution in [0.25, 0.3) is 11.0 Å². The molecule has 0 bridgehead atoms. The largest absolute Gasteiger partial charge is 0.458 e. The maximum Gasteiger partial charge on any atom is 0.333 e. The van der Waals surface area contributed by atoms with Crippen LogP contribution in [-0.4, -0.2) is 27.8 Å². The number of quaternary nitrogens is 1. The van der Waals surface area contributed by atoms with Gasteiger partial charge in [0.15, 0.2) is 12.8 Å². The summed E-state index contributed by atoms with van der Waals surface area (Å²) in [5.41, 5.74) is 0.814. The molecular weight excluding hydrogens is 354 g/mol. The minimum absolute atomic E-state index is 0.0671. The second-order valence-electron chi connectivity index (χ2n) is 6.56. The summed E-state index contributed by atoms with van der Waals surface area (Å²) >= 11 is 0. The number of sulfonamides is 1. The van der Waals surface area contributed by atoms with Crippen LogP contribution in [-0.2, 0) is 10.0 Å². The van der Waals surface area contributed by atoms with Gasteiger partial charge in [-0.3, -0.25) is 9.59 Å². The Bertz CT molecular complexity index is 1240. The van der Waals surface area contributed by atoms with Gasteiger partial charge in [-0.25, -0.2) is 0 Å². The summed E-state index contributed by atoms with van der Waals surface area (Å²) in [6.07, 6.45) is 1.16. The van der Waals surface area contributed by atoms with E-state index < -0.39 is 19.3 Å². The summed E-state index contributed by atoms with van der Waals surface area (Å²) in [6, 6.07) is 11.2. The van der Waals surface area contributed by atoms with Gasteiger partial charge in [-0.1, -0.05) is 24.3 Å². The second-order valence-corrected chi connectivity index (χ2v) is 8.75. The Labute approximate surface area is 149 Å². The van der Waals surface area contributed by atoms with Crippen LogP contribution in [0.3, 0.4) is 0 Å². The lowest BCUT2D eigenvalue weighted by Gasteiger charge is -2.34. The number of nitrogens with zero attached hydrogens (tertiary/aromatic N) is 1. The number of aryl methyl sites for hydroxylation is 1. The smallest absolute Gasteiger partial charge is 0.333 e. The molecule has 2 heterocycles. The van der Waals surface area contributed by atoms with Crippen molar-refractivity contribution in [3.63, 3.8) is 0 Å². The van der Waals surface area contributed by atoms with Crippen molar-refractivity contribution in [3.8, 4) is 0 Å². The zero-order valence-corrected chi connectivity index (χ0v) is 15.0. The van der Waals surface area contributed by atoms with Crippen LogP contribution < -0.4 is 9.32 Å². The highest BCUT2D eigenvalue weighted by Gasteiger charge is 2.51. The first kappa shape index (κ1) is 16.7. The van der Waals surface area contributed by atoms with Crippen LogP contribution in [0.1, 0.15) is 15.9 Å². The molecule has 26 heavy (non-hydrogen) atoms. The molecular formula is C19H16NO5S+. The van der Waals surface area contributed by atoms with Crippen LogP contribution in [0, 0.1) is 6.92 Å². The predicted octanol–water partition coefficient (Wildman–Crippen LogP) is 2.62. The highest BCUT2D eigenvalue weighted by atomic mass is 32.2. The molecule has 3 aromatic rings. The molecule has 1 unspecified atom stereocenters. The monoisotopic (exact) mass is 370 g/mol. The van der Waals surface area contributed by atoms with E-state index in [1.165, 1.54) is 19.2 Å². The molecule has 1 aliphatic heterocycles. The van der Waals surface area contributed by atoms with Crippen molar-refractivity contribution < 1.29 is 17.6 Å². The Morgan fingerprint density at radius 3 is 2.54 bits per heavy atom. The van der Waals surface area contributed by atoms with Crippen LogP contribution >= 0.6 is 0 Å². The van der Waals surface area contributed by atoms with Crippen molar-refractivity contribution >= 4 is 32.5 Å². The Morgan fingerprint density at radius 1 is 1.04 bits per heavy atom. The van der Waals surface area contributed by atoms with Crippen LogP contribution in [0.4, 0.5) is 5.69 Å². The number of fused-ring (bicyclic) bond motifs is 2. The highest BCUT2D eigenvalue weighted by molar-refractivity contribution is 7.91. The van der Waals surface area contributed by atoms with Gasteiger partial charge in [0.2, 0.25) is 11.5 Å².